The van der Waals surface area contributed by atoms with Crippen LogP contribution in [-0.2, 0) is 19.1 Å². The number of rotatable bonds is 6. The number of benzene rings is 1. The van der Waals surface area contributed by atoms with Crippen molar-refractivity contribution in [2.45, 2.75) is 18.9 Å². The van der Waals surface area contributed by atoms with Crippen molar-refractivity contribution in [3.63, 3.8) is 0 Å². The van der Waals surface area contributed by atoms with Gasteiger partial charge in [-0.25, -0.2) is 13.6 Å². The Morgan fingerprint density at radius 3 is 2.75 bits per heavy atom. The second-order valence-electron chi connectivity index (χ2n) is 5.77. The zero-order valence-electron chi connectivity index (χ0n) is 13.5. The van der Waals surface area contributed by atoms with Crippen LogP contribution in [0.15, 0.2) is 30.6 Å². The van der Waals surface area contributed by atoms with E-state index in [1.54, 1.807) is 24.9 Å². The Morgan fingerprint density at radius 2 is 2.12 bits per heavy atom. The minimum atomic E-state index is -1.26. The third-order valence-electron chi connectivity index (χ3n) is 3.61. The highest BCUT2D eigenvalue weighted by Crippen LogP contribution is 2.18. The van der Waals surface area contributed by atoms with E-state index in [1.807, 2.05) is 0 Å². The summed E-state index contributed by atoms with van der Waals surface area (Å²) < 4.78 is 27.8. The summed E-state index contributed by atoms with van der Waals surface area (Å²) in [6, 6.07) is 2.84. The molecular weight excluding hydrogens is 318 g/mol. The molecule has 0 saturated carbocycles. The smallest absolute Gasteiger partial charge is 0.314 e. The molecule has 0 aliphatic rings. The normalized spacial score (nSPS) is 13.4. The Kier molecular flexibility index (Phi) is 5.50. The van der Waals surface area contributed by atoms with Crippen LogP contribution in [0.3, 0.4) is 0 Å². The van der Waals surface area contributed by atoms with E-state index in [0.29, 0.717) is 11.1 Å². The molecule has 24 heavy (non-hydrogen) atoms. The minimum Gasteiger partial charge on any atom is -0.383 e. The predicted molar refractivity (Wildman–Crippen MR) is 84.2 cm³/mol. The van der Waals surface area contributed by atoms with E-state index in [9.17, 15) is 18.7 Å². The van der Waals surface area contributed by atoms with Gasteiger partial charge >= 0.3 is 6.03 Å². The van der Waals surface area contributed by atoms with Gasteiger partial charge in [0, 0.05) is 31.4 Å². The first-order valence-corrected chi connectivity index (χ1v) is 7.45. The molecule has 0 aliphatic heterocycles. The van der Waals surface area contributed by atoms with E-state index in [1.165, 1.54) is 18.3 Å². The molecule has 2 rings (SSSR count). The number of carbonyl (C=O) groups excluding carboxylic acids is 1. The SMILES string of the molecule is Cn1cc(C(C)(O)CNC(=O)NCCc2ccc(F)cc2F)cn1. The van der Waals surface area contributed by atoms with E-state index in [4.69, 9.17) is 0 Å². The highest BCUT2D eigenvalue weighted by molar-refractivity contribution is 5.73. The van der Waals surface area contributed by atoms with Crippen LogP contribution in [-0.4, -0.2) is 34.0 Å². The molecule has 2 amide bonds. The number of hydrogen-bond donors (Lipinski definition) is 3. The predicted octanol–water partition coefficient (Wildman–Crippen LogP) is 1.45. The minimum absolute atomic E-state index is 0.00453. The molecule has 130 valence electrons. The Hall–Kier alpha value is -2.48. The number of urea groups is 1. The molecular formula is C16H20F2N4O2. The zero-order valence-corrected chi connectivity index (χ0v) is 13.5. The van der Waals surface area contributed by atoms with Gasteiger partial charge in [0.25, 0.3) is 0 Å². The molecule has 8 heteroatoms. The average molecular weight is 338 g/mol. The van der Waals surface area contributed by atoms with Gasteiger partial charge in [0.15, 0.2) is 0 Å². The van der Waals surface area contributed by atoms with Gasteiger partial charge in [-0.15, -0.1) is 0 Å². The first kappa shape index (κ1) is 17.9. The molecule has 3 N–H and O–H groups in total. The van der Waals surface area contributed by atoms with Gasteiger partial charge in [-0.2, -0.15) is 5.10 Å². The molecule has 1 heterocycles. The van der Waals surface area contributed by atoms with Crippen LogP contribution in [0.2, 0.25) is 0 Å². The van der Waals surface area contributed by atoms with Crippen LogP contribution in [0.4, 0.5) is 13.6 Å². The monoisotopic (exact) mass is 338 g/mol. The summed E-state index contributed by atoms with van der Waals surface area (Å²) in [5, 5.41) is 19.4. The van der Waals surface area contributed by atoms with Gasteiger partial charge in [-0.05, 0) is 25.0 Å². The van der Waals surface area contributed by atoms with Crippen LogP contribution < -0.4 is 10.6 Å². The quantitative estimate of drug-likeness (QED) is 0.746. The molecule has 1 aromatic carbocycles. The highest BCUT2D eigenvalue weighted by atomic mass is 19.1. The molecule has 1 atom stereocenters. The third kappa shape index (κ3) is 4.76. The van der Waals surface area contributed by atoms with E-state index in [0.717, 1.165) is 6.07 Å². The number of nitrogens with zero attached hydrogens (tertiary/aromatic N) is 2. The summed E-state index contributed by atoms with van der Waals surface area (Å²) in [4.78, 5) is 11.7. The van der Waals surface area contributed by atoms with Crippen LogP contribution in [0.5, 0.6) is 0 Å². The number of carbonyl (C=O) groups is 1. The summed E-state index contributed by atoms with van der Waals surface area (Å²) >= 11 is 0. The largest absolute Gasteiger partial charge is 0.383 e. The van der Waals surface area contributed by atoms with Crippen molar-refractivity contribution in [1.29, 1.82) is 0 Å². The number of halogens is 2. The van der Waals surface area contributed by atoms with E-state index >= 15 is 0 Å². The molecule has 0 spiro atoms. The second kappa shape index (κ2) is 7.39. The van der Waals surface area contributed by atoms with Crippen molar-refractivity contribution in [2.24, 2.45) is 7.05 Å². The lowest BCUT2D eigenvalue weighted by Crippen LogP contribution is -2.43. The fraction of sp³-hybridized carbons (Fsp3) is 0.375. The van der Waals surface area contributed by atoms with Gasteiger partial charge in [0.05, 0.1) is 12.7 Å². The lowest BCUT2D eigenvalue weighted by Gasteiger charge is -2.22. The highest BCUT2D eigenvalue weighted by Gasteiger charge is 2.25. The lowest BCUT2D eigenvalue weighted by atomic mass is 10.00. The maximum Gasteiger partial charge on any atom is 0.314 e. The van der Waals surface area contributed by atoms with Crippen molar-refractivity contribution in [3.05, 3.63) is 53.4 Å². The van der Waals surface area contributed by atoms with Crippen molar-refractivity contribution in [2.75, 3.05) is 13.1 Å². The first-order valence-electron chi connectivity index (χ1n) is 7.45. The number of aliphatic hydroxyl groups is 1. The number of amides is 2. The summed E-state index contributed by atoms with van der Waals surface area (Å²) in [5.74, 6) is -1.28. The maximum atomic E-state index is 13.5. The van der Waals surface area contributed by atoms with Crippen molar-refractivity contribution >= 4 is 6.03 Å². The zero-order chi connectivity index (χ0) is 17.7. The lowest BCUT2D eigenvalue weighted by molar-refractivity contribution is 0.0593. The summed E-state index contributed by atoms with van der Waals surface area (Å²) in [5.41, 5.74) is -0.355. The van der Waals surface area contributed by atoms with Crippen LogP contribution in [0.1, 0.15) is 18.1 Å². The maximum absolute atomic E-state index is 13.5. The van der Waals surface area contributed by atoms with Crippen molar-refractivity contribution in [3.8, 4) is 0 Å². The molecule has 0 aliphatic carbocycles. The molecule has 2 aromatic rings. The van der Waals surface area contributed by atoms with Crippen molar-refractivity contribution < 1.29 is 18.7 Å². The fourth-order valence-corrected chi connectivity index (χ4v) is 2.15. The van der Waals surface area contributed by atoms with Crippen molar-refractivity contribution in [1.82, 2.24) is 20.4 Å². The van der Waals surface area contributed by atoms with Gasteiger partial charge in [-0.1, -0.05) is 6.07 Å². The number of hydrogen-bond acceptors (Lipinski definition) is 3. The molecule has 1 unspecified atom stereocenters. The second-order valence-corrected chi connectivity index (χ2v) is 5.77. The van der Waals surface area contributed by atoms with Crippen LogP contribution >= 0.6 is 0 Å². The van der Waals surface area contributed by atoms with E-state index in [-0.39, 0.29) is 19.5 Å². The number of nitrogens with one attached hydrogen (secondary N) is 2. The first-order chi connectivity index (χ1) is 11.3. The van der Waals surface area contributed by atoms with Gasteiger partial charge in [0.2, 0.25) is 0 Å². The van der Waals surface area contributed by atoms with Gasteiger partial charge in [-0.3, -0.25) is 4.68 Å². The average Bonchev–Trinajstić information content (AvgIpc) is 2.95. The molecule has 0 fully saturated rings. The number of aryl methyl sites for hydroxylation is 1. The third-order valence-corrected chi connectivity index (χ3v) is 3.61. The topological polar surface area (TPSA) is 79.2 Å². The Labute approximate surface area is 138 Å². The molecule has 0 radical (unpaired) electrons. The van der Waals surface area contributed by atoms with E-state index < -0.39 is 23.3 Å². The fourth-order valence-electron chi connectivity index (χ4n) is 2.15. The van der Waals surface area contributed by atoms with Gasteiger partial charge < -0.3 is 15.7 Å². The molecule has 6 nitrogen and oxygen atoms in total. The molecule has 0 bridgehead atoms. The van der Waals surface area contributed by atoms with E-state index in [2.05, 4.69) is 15.7 Å². The molecule has 1 aromatic heterocycles. The summed E-state index contributed by atoms with van der Waals surface area (Å²) in [7, 11) is 1.73. The molecule has 0 saturated heterocycles. The Balaban J connectivity index is 1.77. The Bertz CT molecular complexity index is 716. The van der Waals surface area contributed by atoms with Crippen LogP contribution in [0, 0.1) is 11.6 Å². The summed E-state index contributed by atoms with van der Waals surface area (Å²) in [6.07, 6.45) is 3.42. The van der Waals surface area contributed by atoms with Gasteiger partial charge in [0.1, 0.15) is 17.2 Å². The number of aromatic nitrogens is 2. The van der Waals surface area contributed by atoms with Crippen LogP contribution in [0.25, 0.3) is 0 Å². The summed E-state index contributed by atoms with van der Waals surface area (Å²) in [6.45, 7) is 1.75. The Morgan fingerprint density at radius 1 is 1.38 bits per heavy atom. The standard InChI is InChI=1S/C16H20F2N4O2/c1-16(24,12-8-21-22(2)9-12)10-20-15(23)19-6-5-11-3-4-13(17)7-14(11)18/h3-4,7-9,24H,5-6,10H2,1-2H3,(H2,19,20,23).